The molecule has 1 fully saturated rings. The average molecular weight is 311 g/mol. The normalized spacial score (nSPS) is 17.8. The highest BCUT2D eigenvalue weighted by Gasteiger charge is 2.37. The van der Waals surface area contributed by atoms with Crippen molar-refractivity contribution in [2.75, 3.05) is 0 Å². The zero-order valence-corrected chi connectivity index (χ0v) is 13.6. The van der Waals surface area contributed by atoms with Gasteiger partial charge in [-0.15, -0.1) is 12.4 Å². The number of benzene rings is 1. The monoisotopic (exact) mass is 310 g/mol. The molecular formula is C17H27ClN2O. The molecule has 21 heavy (non-hydrogen) atoms. The first kappa shape index (κ1) is 18.0. The summed E-state index contributed by atoms with van der Waals surface area (Å²) in [6.45, 7) is 2.15. The molecule has 1 aliphatic carbocycles. The van der Waals surface area contributed by atoms with Crippen molar-refractivity contribution in [2.45, 2.75) is 63.5 Å². The molecule has 4 heteroatoms. The molecule has 0 bridgehead atoms. The van der Waals surface area contributed by atoms with Crippen LogP contribution in [-0.2, 0) is 11.2 Å². The zero-order valence-electron chi connectivity index (χ0n) is 12.8. The fourth-order valence-corrected chi connectivity index (χ4v) is 3.03. The van der Waals surface area contributed by atoms with Gasteiger partial charge in [-0.25, -0.2) is 0 Å². The summed E-state index contributed by atoms with van der Waals surface area (Å²) in [6, 6.07) is 10.5. The van der Waals surface area contributed by atoms with Crippen LogP contribution in [0.25, 0.3) is 0 Å². The van der Waals surface area contributed by atoms with Gasteiger partial charge in [0.15, 0.2) is 0 Å². The fourth-order valence-electron chi connectivity index (χ4n) is 3.03. The molecule has 0 radical (unpaired) electrons. The Kier molecular flexibility index (Phi) is 7.20. The van der Waals surface area contributed by atoms with E-state index in [9.17, 15) is 4.79 Å². The van der Waals surface area contributed by atoms with E-state index in [1.54, 1.807) is 0 Å². The summed E-state index contributed by atoms with van der Waals surface area (Å²) in [5.74, 6) is 0.0457. The van der Waals surface area contributed by atoms with Crippen LogP contribution in [-0.4, -0.2) is 17.5 Å². The van der Waals surface area contributed by atoms with Crippen molar-refractivity contribution in [1.82, 2.24) is 5.32 Å². The molecule has 0 aliphatic heterocycles. The van der Waals surface area contributed by atoms with Crippen molar-refractivity contribution in [3.05, 3.63) is 35.9 Å². The summed E-state index contributed by atoms with van der Waals surface area (Å²) < 4.78 is 0. The first-order chi connectivity index (χ1) is 9.64. The van der Waals surface area contributed by atoms with Crippen molar-refractivity contribution in [2.24, 2.45) is 5.73 Å². The summed E-state index contributed by atoms with van der Waals surface area (Å²) in [5, 5.41) is 3.18. The summed E-state index contributed by atoms with van der Waals surface area (Å²) in [5.41, 5.74) is 6.87. The molecule has 1 aromatic rings. The van der Waals surface area contributed by atoms with E-state index < -0.39 is 5.54 Å². The molecule has 0 saturated heterocycles. The van der Waals surface area contributed by atoms with Gasteiger partial charge in [0.2, 0.25) is 5.91 Å². The maximum atomic E-state index is 12.4. The molecule has 1 saturated carbocycles. The summed E-state index contributed by atoms with van der Waals surface area (Å²) in [7, 11) is 0. The van der Waals surface area contributed by atoms with E-state index in [0.29, 0.717) is 0 Å². The predicted octanol–water partition coefficient (Wildman–Crippen LogP) is 3.21. The van der Waals surface area contributed by atoms with E-state index in [0.717, 1.165) is 44.9 Å². The first-order valence-electron chi connectivity index (χ1n) is 7.78. The van der Waals surface area contributed by atoms with Crippen LogP contribution in [0.1, 0.15) is 51.0 Å². The molecular weight excluding hydrogens is 284 g/mol. The Labute approximate surface area is 134 Å². The minimum atomic E-state index is -0.622. The van der Waals surface area contributed by atoms with Crippen molar-refractivity contribution >= 4 is 18.3 Å². The number of nitrogens with one attached hydrogen (secondary N) is 1. The molecule has 1 amide bonds. The highest BCUT2D eigenvalue weighted by molar-refractivity contribution is 5.86. The van der Waals surface area contributed by atoms with Gasteiger partial charge in [0, 0.05) is 6.04 Å². The van der Waals surface area contributed by atoms with Crippen LogP contribution in [0.15, 0.2) is 30.3 Å². The van der Waals surface area contributed by atoms with Crippen LogP contribution in [0.4, 0.5) is 0 Å². The minimum Gasteiger partial charge on any atom is -0.351 e. The van der Waals surface area contributed by atoms with Gasteiger partial charge in [-0.2, -0.15) is 0 Å². The Bertz CT molecular complexity index is 430. The molecule has 0 spiro atoms. The van der Waals surface area contributed by atoms with Gasteiger partial charge in [-0.05, 0) is 31.2 Å². The third-order valence-corrected chi connectivity index (χ3v) is 4.25. The van der Waals surface area contributed by atoms with Gasteiger partial charge in [0.1, 0.15) is 0 Å². The van der Waals surface area contributed by atoms with Crippen molar-refractivity contribution in [3.8, 4) is 0 Å². The number of rotatable bonds is 6. The van der Waals surface area contributed by atoms with Gasteiger partial charge >= 0.3 is 0 Å². The smallest absolute Gasteiger partial charge is 0.240 e. The van der Waals surface area contributed by atoms with Crippen molar-refractivity contribution < 1.29 is 4.79 Å². The third kappa shape index (κ3) is 5.01. The lowest BCUT2D eigenvalue weighted by atomic mass is 9.95. The van der Waals surface area contributed by atoms with Crippen molar-refractivity contribution in [3.63, 3.8) is 0 Å². The van der Waals surface area contributed by atoms with Crippen LogP contribution in [0, 0.1) is 0 Å². The van der Waals surface area contributed by atoms with E-state index in [1.807, 2.05) is 18.2 Å². The SMILES string of the molecule is CCCC(Cc1ccccc1)NC(=O)C1(N)CCCC1.Cl. The highest BCUT2D eigenvalue weighted by atomic mass is 35.5. The lowest BCUT2D eigenvalue weighted by molar-refractivity contribution is -0.126. The Morgan fingerprint density at radius 2 is 1.90 bits per heavy atom. The maximum absolute atomic E-state index is 12.4. The number of carbonyl (C=O) groups is 1. The Morgan fingerprint density at radius 3 is 2.48 bits per heavy atom. The molecule has 1 atom stereocenters. The standard InChI is InChI=1S/C17H26N2O.ClH/c1-2-8-15(13-14-9-4-3-5-10-14)19-16(20)17(18)11-6-7-12-17;/h3-5,9-10,15H,2,6-8,11-13,18H2,1H3,(H,19,20);1H. The average Bonchev–Trinajstić information content (AvgIpc) is 2.88. The van der Waals surface area contributed by atoms with E-state index in [-0.39, 0.29) is 24.4 Å². The third-order valence-electron chi connectivity index (χ3n) is 4.25. The van der Waals surface area contributed by atoms with E-state index >= 15 is 0 Å². The topological polar surface area (TPSA) is 55.1 Å². The Morgan fingerprint density at radius 1 is 1.29 bits per heavy atom. The Balaban J connectivity index is 0.00000220. The largest absolute Gasteiger partial charge is 0.351 e. The minimum absolute atomic E-state index is 0. The van der Waals surface area contributed by atoms with Crippen LogP contribution < -0.4 is 11.1 Å². The number of halogens is 1. The molecule has 3 N–H and O–H groups in total. The number of hydrogen-bond acceptors (Lipinski definition) is 2. The molecule has 3 nitrogen and oxygen atoms in total. The molecule has 0 heterocycles. The lowest BCUT2D eigenvalue weighted by Crippen LogP contribution is -2.54. The molecule has 2 rings (SSSR count). The van der Waals surface area contributed by atoms with E-state index in [4.69, 9.17) is 5.73 Å². The number of carbonyl (C=O) groups excluding carboxylic acids is 1. The predicted molar refractivity (Wildman–Crippen MR) is 89.6 cm³/mol. The van der Waals surface area contributed by atoms with Crippen LogP contribution >= 0.6 is 12.4 Å². The zero-order chi connectivity index (χ0) is 14.4. The quantitative estimate of drug-likeness (QED) is 0.847. The maximum Gasteiger partial charge on any atom is 0.240 e. The molecule has 1 aliphatic rings. The van der Waals surface area contributed by atoms with Gasteiger partial charge in [-0.1, -0.05) is 56.5 Å². The van der Waals surface area contributed by atoms with Crippen LogP contribution in [0.3, 0.4) is 0 Å². The highest BCUT2D eigenvalue weighted by Crippen LogP contribution is 2.27. The Hall–Kier alpha value is -1.06. The van der Waals surface area contributed by atoms with Gasteiger partial charge in [-0.3, -0.25) is 4.79 Å². The second-order valence-electron chi connectivity index (χ2n) is 6.01. The van der Waals surface area contributed by atoms with Crippen LogP contribution in [0.5, 0.6) is 0 Å². The molecule has 1 unspecified atom stereocenters. The van der Waals surface area contributed by atoms with E-state index in [2.05, 4.69) is 24.4 Å². The van der Waals surface area contributed by atoms with Crippen LogP contribution in [0.2, 0.25) is 0 Å². The molecule has 0 aromatic heterocycles. The van der Waals surface area contributed by atoms with E-state index in [1.165, 1.54) is 5.56 Å². The lowest BCUT2D eigenvalue weighted by Gasteiger charge is -2.27. The fraction of sp³-hybridized carbons (Fsp3) is 0.588. The first-order valence-corrected chi connectivity index (χ1v) is 7.78. The van der Waals surface area contributed by atoms with Crippen molar-refractivity contribution in [1.29, 1.82) is 0 Å². The summed E-state index contributed by atoms with van der Waals surface area (Å²) >= 11 is 0. The summed E-state index contributed by atoms with van der Waals surface area (Å²) in [6.07, 6.45) is 6.73. The number of amides is 1. The number of hydrogen-bond donors (Lipinski definition) is 2. The summed E-state index contributed by atoms with van der Waals surface area (Å²) in [4.78, 5) is 12.4. The van der Waals surface area contributed by atoms with Gasteiger partial charge in [0.25, 0.3) is 0 Å². The van der Waals surface area contributed by atoms with Gasteiger partial charge in [0.05, 0.1) is 5.54 Å². The number of nitrogens with two attached hydrogens (primary N) is 1. The molecule has 118 valence electrons. The van der Waals surface area contributed by atoms with Gasteiger partial charge < -0.3 is 11.1 Å². The molecule has 1 aromatic carbocycles. The second kappa shape index (κ2) is 8.40. The second-order valence-corrected chi connectivity index (χ2v) is 6.01.